The minimum Gasteiger partial charge on any atom is -0.399 e. The van der Waals surface area contributed by atoms with Crippen LogP contribution >= 0.6 is 0 Å². The first-order valence-corrected chi connectivity index (χ1v) is 13.7. The van der Waals surface area contributed by atoms with Gasteiger partial charge in [-0.15, -0.1) is 0 Å². The van der Waals surface area contributed by atoms with E-state index in [4.69, 9.17) is 5.73 Å². The second kappa shape index (κ2) is 15.4. The second-order valence-electron chi connectivity index (χ2n) is 9.92. The highest BCUT2D eigenvalue weighted by Gasteiger charge is 1.98. The zero-order chi connectivity index (χ0) is 30.4. The van der Waals surface area contributed by atoms with Crippen LogP contribution in [0.3, 0.4) is 0 Å². The van der Waals surface area contributed by atoms with E-state index < -0.39 is 0 Å². The molecule has 0 aliphatic carbocycles. The van der Waals surface area contributed by atoms with E-state index in [9.17, 15) is 4.79 Å². The zero-order valence-corrected chi connectivity index (χ0v) is 24.4. The van der Waals surface area contributed by atoms with Crippen LogP contribution in [0, 0.1) is 13.8 Å². The van der Waals surface area contributed by atoms with Crippen molar-refractivity contribution in [2.24, 2.45) is 30.7 Å². The maximum atomic E-state index is 11.1. The lowest BCUT2D eigenvalue weighted by molar-refractivity contribution is -0.116. The molecule has 0 spiro atoms. The van der Waals surface area contributed by atoms with Crippen molar-refractivity contribution in [1.82, 2.24) is 0 Å². The Morgan fingerprint density at radius 2 is 0.721 bits per heavy atom. The van der Waals surface area contributed by atoms with Gasteiger partial charge in [-0.3, -0.25) is 4.79 Å². The van der Waals surface area contributed by atoms with Crippen LogP contribution in [0.1, 0.15) is 23.6 Å². The molecule has 0 saturated carbocycles. The van der Waals surface area contributed by atoms with Gasteiger partial charge in [-0.05, 0) is 111 Å². The predicted molar refractivity (Wildman–Crippen MR) is 173 cm³/mol. The molecule has 8 nitrogen and oxygen atoms in total. The number of nitrogens with zero attached hydrogens (tertiary/aromatic N) is 6. The highest BCUT2D eigenvalue weighted by atomic mass is 16.1. The van der Waals surface area contributed by atoms with E-state index >= 15 is 0 Å². The Kier molecular flexibility index (Phi) is 10.9. The second-order valence-corrected chi connectivity index (χ2v) is 9.92. The van der Waals surface area contributed by atoms with Crippen molar-refractivity contribution < 1.29 is 4.79 Å². The molecule has 0 heterocycles. The molecule has 43 heavy (non-hydrogen) atoms. The van der Waals surface area contributed by atoms with Crippen molar-refractivity contribution in [3.63, 3.8) is 0 Å². The van der Waals surface area contributed by atoms with Crippen LogP contribution in [0.15, 0.2) is 152 Å². The van der Waals surface area contributed by atoms with Gasteiger partial charge in [0.1, 0.15) is 5.78 Å². The van der Waals surface area contributed by atoms with Gasteiger partial charge in [-0.25, -0.2) is 0 Å². The minimum absolute atomic E-state index is 0.143. The molecular formula is C35H33N7O. The third-order valence-corrected chi connectivity index (χ3v) is 6.04. The molecule has 0 amide bonds. The van der Waals surface area contributed by atoms with Crippen LogP contribution in [0.5, 0.6) is 0 Å². The number of aryl methyl sites for hydroxylation is 2. The number of nitrogens with two attached hydrogens (primary N) is 1. The average molecular weight is 568 g/mol. The number of ketones is 1. The number of hydrogen-bond acceptors (Lipinski definition) is 8. The summed E-state index contributed by atoms with van der Waals surface area (Å²) in [7, 11) is 0. The largest absolute Gasteiger partial charge is 0.399 e. The summed E-state index contributed by atoms with van der Waals surface area (Å²) in [5, 5.41) is 25.1. The molecule has 0 atom stereocenters. The van der Waals surface area contributed by atoms with Gasteiger partial charge in [0.2, 0.25) is 0 Å². The quantitative estimate of drug-likeness (QED) is 0.148. The fourth-order valence-electron chi connectivity index (χ4n) is 3.66. The van der Waals surface area contributed by atoms with Gasteiger partial charge in [0.15, 0.2) is 0 Å². The Morgan fingerprint density at radius 1 is 0.465 bits per heavy atom. The van der Waals surface area contributed by atoms with Gasteiger partial charge in [0, 0.05) is 12.1 Å². The molecule has 2 N–H and O–H groups in total. The highest BCUT2D eigenvalue weighted by Crippen LogP contribution is 2.24. The van der Waals surface area contributed by atoms with Gasteiger partial charge in [-0.2, -0.15) is 30.7 Å². The van der Waals surface area contributed by atoms with Crippen molar-refractivity contribution in [3.8, 4) is 0 Å². The molecule has 0 fully saturated rings. The minimum atomic E-state index is 0.143. The first kappa shape index (κ1) is 30.3. The maximum Gasteiger partial charge on any atom is 0.134 e. The van der Waals surface area contributed by atoms with Crippen LogP contribution in [-0.4, -0.2) is 5.78 Å². The standard InChI is InChI=1S/C22H20N4O.C13H13N3/c1-16-3-7-19(8-4-16)23-25-21-11-13-22(14-12-21)26-24-20-9-5-18(6-10-20)15-17(2)27;1-10-2-6-12(7-3-10)15-16-13-8-4-11(14)5-9-13/h3-14H,15H2,1-2H3;2-9H,14H2,1H3. The average Bonchev–Trinajstić information content (AvgIpc) is 3.01. The summed E-state index contributed by atoms with van der Waals surface area (Å²) in [6.07, 6.45) is 0.441. The van der Waals surface area contributed by atoms with E-state index in [-0.39, 0.29) is 5.78 Å². The number of rotatable bonds is 8. The van der Waals surface area contributed by atoms with E-state index in [1.54, 1.807) is 6.92 Å². The molecule has 5 aromatic rings. The Balaban J connectivity index is 0.000000225. The Hall–Kier alpha value is -5.63. The Morgan fingerprint density at radius 3 is 1.02 bits per heavy atom. The maximum absolute atomic E-state index is 11.1. The predicted octanol–water partition coefficient (Wildman–Crippen LogP) is 10.9. The lowest BCUT2D eigenvalue weighted by Crippen LogP contribution is -1.94. The Bertz CT molecular complexity index is 1640. The molecule has 8 heteroatoms. The number of carbonyl (C=O) groups is 1. The fourth-order valence-corrected chi connectivity index (χ4v) is 3.66. The van der Waals surface area contributed by atoms with Crippen LogP contribution in [0.4, 0.5) is 39.8 Å². The van der Waals surface area contributed by atoms with E-state index in [2.05, 4.69) is 30.7 Å². The van der Waals surface area contributed by atoms with Crippen LogP contribution in [0.25, 0.3) is 0 Å². The van der Waals surface area contributed by atoms with E-state index in [0.29, 0.717) is 6.42 Å². The summed E-state index contributed by atoms with van der Waals surface area (Å²) in [5.74, 6) is 0.143. The highest BCUT2D eigenvalue weighted by molar-refractivity contribution is 5.78. The summed E-state index contributed by atoms with van der Waals surface area (Å²) in [4.78, 5) is 11.1. The molecule has 214 valence electrons. The summed E-state index contributed by atoms with van der Waals surface area (Å²) in [6.45, 7) is 5.66. The number of anilines is 1. The van der Waals surface area contributed by atoms with Crippen LogP contribution < -0.4 is 5.73 Å². The first-order valence-electron chi connectivity index (χ1n) is 13.7. The van der Waals surface area contributed by atoms with Gasteiger partial charge in [-0.1, -0.05) is 47.5 Å². The number of hydrogen-bond donors (Lipinski definition) is 1. The number of azo groups is 3. The topological polar surface area (TPSA) is 117 Å². The van der Waals surface area contributed by atoms with Crippen molar-refractivity contribution in [3.05, 3.63) is 138 Å². The SMILES string of the molecule is CC(=O)Cc1ccc(N=Nc2ccc(N=Nc3ccc(C)cc3)cc2)cc1.Cc1ccc(N=Nc2ccc(N)cc2)cc1. The smallest absolute Gasteiger partial charge is 0.134 e. The number of benzene rings is 5. The molecule has 0 aliphatic rings. The van der Waals surface area contributed by atoms with Crippen LogP contribution in [0.2, 0.25) is 0 Å². The molecular weight excluding hydrogens is 534 g/mol. The summed E-state index contributed by atoms with van der Waals surface area (Å²) in [6, 6.07) is 38.0. The van der Waals surface area contributed by atoms with Crippen molar-refractivity contribution in [1.29, 1.82) is 0 Å². The third-order valence-electron chi connectivity index (χ3n) is 6.04. The molecule has 0 radical (unpaired) electrons. The molecule has 0 bridgehead atoms. The third kappa shape index (κ3) is 10.7. The number of nitrogen functional groups attached to an aromatic ring is 1. The van der Waals surface area contributed by atoms with Gasteiger partial charge >= 0.3 is 0 Å². The first-order chi connectivity index (χ1) is 20.8. The molecule has 0 aromatic heterocycles. The van der Waals surface area contributed by atoms with E-state index in [1.165, 1.54) is 11.1 Å². The molecule has 0 saturated heterocycles. The monoisotopic (exact) mass is 567 g/mol. The zero-order valence-electron chi connectivity index (χ0n) is 24.4. The number of carbonyl (C=O) groups excluding carboxylic acids is 1. The van der Waals surface area contributed by atoms with Crippen molar-refractivity contribution in [2.75, 3.05) is 5.73 Å². The summed E-state index contributed by atoms with van der Waals surface area (Å²) >= 11 is 0. The number of Topliss-reactive ketones (excluding diaryl/α,β-unsaturated/α-hetero) is 1. The molecule has 0 aliphatic heterocycles. The summed E-state index contributed by atoms with van der Waals surface area (Å²) in [5.41, 5.74) is 14.4. The van der Waals surface area contributed by atoms with Crippen molar-refractivity contribution >= 4 is 45.6 Å². The van der Waals surface area contributed by atoms with Gasteiger partial charge in [0.05, 0.1) is 34.1 Å². The normalized spacial score (nSPS) is 11.1. The lowest BCUT2D eigenvalue weighted by Gasteiger charge is -1.98. The Labute approximate surface area is 251 Å². The summed E-state index contributed by atoms with van der Waals surface area (Å²) < 4.78 is 0. The van der Waals surface area contributed by atoms with Crippen LogP contribution in [-0.2, 0) is 11.2 Å². The van der Waals surface area contributed by atoms with Gasteiger partial charge in [0.25, 0.3) is 0 Å². The molecule has 5 aromatic carbocycles. The van der Waals surface area contributed by atoms with Gasteiger partial charge < -0.3 is 5.73 Å². The van der Waals surface area contributed by atoms with E-state index in [1.807, 2.05) is 135 Å². The lowest BCUT2D eigenvalue weighted by atomic mass is 10.1. The molecule has 0 unspecified atom stereocenters. The van der Waals surface area contributed by atoms with E-state index in [0.717, 1.165) is 45.4 Å². The molecule has 5 rings (SSSR count). The van der Waals surface area contributed by atoms with Crippen molar-refractivity contribution in [2.45, 2.75) is 27.2 Å². The fraction of sp³-hybridized carbons (Fsp3) is 0.114.